The smallest absolute Gasteiger partial charge is 0.160 e. The fourth-order valence-electron chi connectivity index (χ4n) is 10.5. The van der Waals surface area contributed by atoms with E-state index in [1.807, 2.05) is 12.5 Å². The molecule has 0 bridgehead atoms. The highest BCUT2D eigenvalue weighted by Gasteiger charge is 2.31. The monoisotopic (exact) mass is 720 g/mol. The highest BCUT2D eigenvalue weighted by Crippen LogP contribution is 2.43. The van der Waals surface area contributed by atoms with Crippen LogP contribution in [0.3, 0.4) is 0 Å². The Balaban J connectivity index is 1.07. The molecule has 4 heterocycles. The molecule has 4 heteroatoms. The third-order valence-corrected chi connectivity index (χ3v) is 13.8. The minimum Gasteiger partial charge on any atom is -0.462 e. The summed E-state index contributed by atoms with van der Waals surface area (Å²) >= 11 is 0. The Kier molecular flexibility index (Phi) is 10.2. The van der Waals surface area contributed by atoms with Crippen molar-refractivity contribution in [2.75, 3.05) is 0 Å². The van der Waals surface area contributed by atoms with E-state index in [9.17, 15) is 0 Å². The van der Waals surface area contributed by atoms with E-state index >= 15 is 0 Å². The predicted molar refractivity (Wildman–Crippen MR) is 227 cm³/mol. The molecule has 0 spiro atoms. The molecule has 3 aromatic carbocycles. The van der Waals surface area contributed by atoms with Crippen molar-refractivity contribution >= 4 is 44.0 Å². The second kappa shape index (κ2) is 15.5. The van der Waals surface area contributed by atoms with E-state index in [2.05, 4.69) is 95.8 Å². The van der Waals surface area contributed by atoms with Crippen LogP contribution in [0.25, 0.3) is 55.4 Å². The standard InChI is InChI=1S/C50H60N2O2/c1-50(2,38-20-16-12-8-5-9-13-17-21-38)39-24-28-41(29-25-39)52-45-31-33-54-49(45)43-34-46-42(35-47(43)52)48-44(30-32-53-48)51(46)40-26-22-37(23-27-40)36-18-14-10-6-3-4-7-11-15-19-36/h22-36,38H,3-21H2,1-2H3. The first-order valence-corrected chi connectivity index (χ1v) is 21.7. The van der Waals surface area contributed by atoms with Crippen molar-refractivity contribution in [2.24, 2.45) is 5.92 Å². The lowest BCUT2D eigenvalue weighted by molar-refractivity contribution is 0.259. The third kappa shape index (κ3) is 6.73. The number of nitrogens with zero attached hydrogens (tertiary/aromatic N) is 2. The molecule has 9 rings (SSSR count). The fraction of sp³-hybridized carbons (Fsp3) is 0.480. The number of benzene rings is 3. The van der Waals surface area contributed by atoms with Crippen LogP contribution in [0.4, 0.5) is 0 Å². The molecular formula is C50H60N2O2. The van der Waals surface area contributed by atoms with E-state index in [1.54, 1.807) is 0 Å². The molecule has 2 fully saturated rings. The summed E-state index contributed by atoms with van der Waals surface area (Å²) in [5.41, 5.74) is 11.8. The Hall–Kier alpha value is -4.18. The Morgan fingerprint density at radius 3 is 1.33 bits per heavy atom. The Labute approximate surface area is 321 Å². The number of hydrogen-bond donors (Lipinski definition) is 0. The number of rotatable bonds is 5. The topological polar surface area (TPSA) is 36.1 Å². The van der Waals surface area contributed by atoms with Crippen LogP contribution >= 0.6 is 0 Å². The second-order valence-electron chi connectivity index (χ2n) is 17.5. The zero-order valence-corrected chi connectivity index (χ0v) is 32.9. The van der Waals surface area contributed by atoms with Crippen molar-refractivity contribution < 1.29 is 8.83 Å². The zero-order valence-electron chi connectivity index (χ0n) is 32.9. The minimum absolute atomic E-state index is 0.146. The average molecular weight is 721 g/mol. The first-order valence-electron chi connectivity index (χ1n) is 21.7. The highest BCUT2D eigenvalue weighted by atomic mass is 16.3. The summed E-state index contributed by atoms with van der Waals surface area (Å²) < 4.78 is 17.3. The van der Waals surface area contributed by atoms with Gasteiger partial charge in [0.15, 0.2) is 11.2 Å². The summed E-state index contributed by atoms with van der Waals surface area (Å²) in [4.78, 5) is 0. The molecule has 2 saturated carbocycles. The van der Waals surface area contributed by atoms with Crippen molar-refractivity contribution in [3.8, 4) is 11.4 Å². The molecule has 7 aromatic rings. The van der Waals surface area contributed by atoms with Crippen LogP contribution in [0.2, 0.25) is 0 Å². The van der Waals surface area contributed by atoms with E-state index in [0.717, 1.165) is 49.9 Å². The first kappa shape index (κ1) is 35.5. The maximum atomic E-state index is 6.25. The fourth-order valence-corrected chi connectivity index (χ4v) is 10.5. The van der Waals surface area contributed by atoms with Gasteiger partial charge in [0.25, 0.3) is 0 Å². The molecule has 2 aliphatic carbocycles. The third-order valence-electron chi connectivity index (χ3n) is 13.8. The number of fused-ring (bicyclic) bond motifs is 6. The first-order chi connectivity index (χ1) is 26.6. The molecule has 0 amide bonds. The predicted octanol–water partition coefficient (Wildman–Crippen LogP) is 15.5. The normalized spacial score (nSPS) is 18.5. The van der Waals surface area contributed by atoms with E-state index in [0.29, 0.717) is 5.92 Å². The molecule has 0 N–H and O–H groups in total. The van der Waals surface area contributed by atoms with Crippen molar-refractivity contribution in [2.45, 2.75) is 147 Å². The SMILES string of the molecule is CC(C)(c1ccc(-n2c3cc4c5occc5n(-c5ccc(C6CCCCCCCCCC6)cc5)c4cc3c3occc32)cc1)C1CCCCCCCCC1. The maximum absolute atomic E-state index is 6.25. The van der Waals surface area contributed by atoms with Crippen LogP contribution in [-0.4, -0.2) is 9.13 Å². The lowest BCUT2D eigenvalue weighted by atomic mass is 9.69. The highest BCUT2D eigenvalue weighted by molar-refractivity contribution is 6.16. The summed E-state index contributed by atoms with van der Waals surface area (Å²) in [5, 5.41) is 2.26. The lowest BCUT2D eigenvalue weighted by Gasteiger charge is -2.36. The number of hydrogen-bond acceptors (Lipinski definition) is 2. The summed E-state index contributed by atoms with van der Waals surface area (Å²) in [6, 6.07) is 27.9. The van der Waals surface area contributed by atoms with Crippen LogP contribution in [0.5, 0.6) is 0 Å². The molecule has 54 heavy (non-hydrogen) atoms. The summed E-state index contributed by atoms with van der Waals surface area (Å²) in [7, 11) is 0. The van der Waals surface area contributed by atoms with Crippen molar-refractivity contribution in [3.05, 3.63) is 96.4 Å². The van der Waals surface area contributed by atoms with E-state index in [4.69, 9.17) is 8.83 Å². The summed E-state index contributed by atoms with van der Waals surface area (Å²) in [6.45, 7) is 4.98. The Morgan fingerprint density at radius 1 is 0.463 bits per heavy atom. The van der Waals surface area contributed by atoms with Crippen molar-refractivity contribution in [1.29, 1.82) is 0 Å². The van der Waals surface area contributed by atoms with Crippen LogP contribution < -0.4 is 0 Å². The van der Waals surface area contributed by atoms with Crippen LogP contribution in [-0.2, 0) is 5.41 Å². The summed E-state index contributed by atoms with van der Waals surface area (Å²) in [5.74, 6) is 1.38. The Bertz CT molecular complexity index is 2290. The van der Waals surface area contributed by atoms with Gasteiger partial charge in [-0.15, -0.1) is 0 Å². The van der Waals surface area contributed by atoms with Gasteiger partial charge in [-0.1, -0.05) is 134 Å². The number of furan rings is 2. The van der Waals surface area contributed by atoms with Gasteiger partial charge < -0.3 is 18.0 Å². The molecule has 0 unspecified atom stereocenters. The zero-order chi connectivity index (χ0) is 36.5. The van der Waals surface area contributed by atoms with Crippen molar-refractivity contribution in [3.63, 3.8) is 0 Å². The van der Waals surface area contributed by atoms with Gasteiger partial charge in [-0.25, -0.2) is 0 Å². The lowest BCUT2D eigenvalue weighted by Crippen LogP contribution is -2.29. The van der Waals surface area contributed by atoms with Gasteiger partial charge >= 0.3 is 0 Å². The molecule has 2 aliphatic rings. The molecular weight excluding hydrogens is 661 g/mol. The largest absolute Gasteiger partial charge is 0.462 e. The summed E-state index contributed by atoms with van der Waals surface area (Å²) in [6.07, 6.45) is 29.8. The van der Waals surface area contributed by atoms with Gasteiger partial charge in [0, 0.05) is 34.3 Å². The second-order valence-corrected chi connectivity index (χ2v) is 17.5. The van der Waals surface area contributed by atoms with Gasteiger partial charge in [0.2, 0.25) is 0 Å². The molecule has 0 aliphatic heterocycles. The van der Waals surface area contributed by atoms with Gasteiger partial charge in [-0.3, -0.25) is 0 Å². The van der Waals surface area contributed by atoms with Gasteiger partial charge in [-0.2, -0.15) is 0 Å². The van der Waals surface area contributed by atoms with Crippen molar-refractivity contribution in [1.82, 2.24) is 9.13 Å². The average Bonchev–Trinajstić information content (AvgIpc) is 3.98. The Morgan fingerprint density at radius 2 is 0.870 bits per heavy atom. The minimum atomic E-state index is 0.146. The molecule has 4 nitrogen and oxygen atoms in total. The van der Waals surface area contributed by atoms with Crippen LogP contribution in [0.15, 0.2) is 94.2 Å². The molecule has 0 radical (unpaired) electrons. The van der Waals surface area contributed by atoms with E-state index in [-0.39, 0.29) is 5.41 Å². The van der Waals surface area contributed by atoms with E-state index < -0.39 is 0 Å². The molecule has 282 valence electrons. The maximum Gasteiger partial charge on any atom is 0.160 e. The molecule has 0 atom stereocenters. The van der Waals surface area contributed by atoms with Gasteiger partial charge in [-0.05, 0) is 90.5 Å². The molecule has 0 saturated heterocycles. The quantitative estimate of drug-likeness (QED) is 0.177. The van der Waals surface area contributed by atoms with Crippen LogP contribution in [0.1, 0.15) is 153 Å². The number of aromatic nitrogens is 2. The van der Waals surface area contributed by atoms with Crippen LogP contribution in [0, 0.1) is 5.92 Å². The molecule has 4 aromatic heterocycles. The van der Waals surface area contributed by atoms with Gasteiger partial charge in [0.1, 0.15) is 0 Å². The van der Waals surface area contributed by atoms with Gasteiger partial charge in [0.05, 0.1) is 34.6 Å². The van der Waals surface area contributed by atoms with E-state index in [1.165, 1.54) is 144 Å².